The van der Waals surface area contributed by atoms with Crippen molar-refractivity contribution in [2.24, 2.45) is 0 Å². The Hall–Kier alpha value is -2.37. The van der Waals surface area contributed by atoms with Crippen LogP contribution < -0.4 is 5.32 Å². The van der Waals surface area contributed by atoms with Crippen molar-refractivity contribution in [2.45, 2.75) is 31.7 Å². The van der Waals surface area contributed by atoms with Gasteiger partial charge in [0.1, 0.15) is 0 Å². The van der Waals surface area contributed by atoms with E-state index in [1.54, 1.807) is 4.90 Å². The van der Waals surface area contributed by atoms with Gasteiger partial charge in [-0.2, -0.15) is 0 Å². The lowest BCUT2D eigenvalue weighted by atomic mass is 10.0. The fourth-order valence-corrected chi connectivity index (χ4v) is 3.03. The maximum atomic E-state index is 12.1. The van der Waals surface area contributed by atoms with Gasteiger partial charge in [-0.05, 0) is 24.8 Å². The van der Waals surface area contributed by atoms with E-state index in [9.17, 15) is 14.4 Å². The van der Waals surface area contributed by atoms with Gasteiger partial charge in [0, 0.05) is 19.5 Å². The largest absolute Gasteiger partial charge is 0.338 e. The van der Waals surface area contributed by atoms with Crippen molar-refractivity contribution in [3.63, 3.8) is 0 Å². The normalized spacial score (nSPS) is 18.1. The summed E-state index contributed by atoms with van der Waals surface area (Å²) in [6, 6.07) is 9.75. The van der Waals surface area contributed by atoms with Crippen molar-refractivity contribution in [1.82, 2.24) is 15.1 Å². The Morgan fingerprint density at radius 2 is 1.87 bits per heavy atom. The SMILES string of the molecule is O=C(CCCCc1ccccc1)N1CC(N2C(=O)CNC2=O)C1. The molecule has 6 nitrogen and oxygen atoms in total. The summed E-state index contributed by atoms with van der Waals surface area (Å²) in [6.07, 6.45) is 3.36. The Bertz CT molecular complexity index is 580. The molecule has 0 bridgehead atoms. The smallest absolute Gasteiger partial charge is 0.324 e. The molecule has 0 unspecified atom stereocenters. The first-order chi connectivity index (χ1) is 11.1. The Morgan fingerprint density at radius 3 is 2.52 bits per heavy atom. The molecule has 1 aromatic carbocycles. The average molecular weight is 315 g/mol. The number of hydrogen-bond donors (Lipinski definition) is 1. The summed E-state index contributed by atoms with van der Waals surface area (Å²) in [5.74, 6) is -0.0867. The van der Waals surface area contributed by atoms with Gasteiger partial charge in [0.05, 0.1) is 12.6 Å². The van der Waals surface area contributed by atoms with E-state index in [-0.39, 0.29) is 30.4 Å². The number of benzene rings is 1. The molecular formula is C17H21N3O3. The third-order valence-corrected chi connectivity index (χ3v) is 4.41. The van der Waals surface area contributed by atoms with Crippen molar-refractivity contribution in [3.05, 3.63) is 35.9 Å². The highest BCUT2D eigenvalue weighted by Crippen LogP contribution is 2.19. The van der Waals surface area contributed by atoms with E-state index in [2.05, 4.69) is 17.4 Å². The van der Waals surface area contributed by atoms with Crippen LogP contribution in [0.4, 0.5) is 4.79 Å². The van der Waals surface area contributed by atoms with Crippen molar-refractivity contribution in [1.29, 1.82) is 0 Å². The second-order valence-electron chi connectivity index (χ2n) is 6.07. The van der Waals surface area contributed by atoms with Gasteiger partial charge in [-0.3, -0.25) is 14.5 Å². The maximum Gasteiger partial charge on any atom is 0.324 e. The van der Waals surface area contributed by atoms with Crippen molar-refractivity contribution < 1.29 is 14.4 Å². The Kier molecular flexibility index (Phi) is 4.60. The van der Waals surface area contributed by atoms with Crippen molar-refractivity contribution in [3.8, 4) is 0 Å². The summed E-state index contributed by atoms with van der Waals surface area (Å²) in [7, 11) is 0. The molecular weight excluding hydrogens is 294 g/mol. The van der Waals surface area contributed by atoms with Crippen molar-refractivity contribution in [2.75, 3.05) is 19.6 Å². The molecule has 2 fully saturated rings. The number of nitrogens with zero attached hydrogens (tertiary/aromatic N) is 2. The van der Waals surface area contributed by atoms with Gasteiger partial charge in [0.15, 0.2) is 0 Å². The minimum Gasteiger partial charge on any atom is -0.338 e. The van der Waals surface area contributed by atoms with E-state index in [1.807, 2.05) is 18.2 Å². The number of aryl methyl sites for hydroxylation is 1. The predicted octanol–water partition coefficient (Wildman–Crippen LogP) is 1.16. The maximum absolute atomic E-state index is 12.1. The molecule has 2 saturated heterocycles. The van der Waals surface area contributed by atoms with Crippen LogP contribution >= 0.6 is 0 Å². The van der Waals surface area contributed by atoms with Gasteiger partial charge in [0.25, 0.3) is 0 Å². The van der Waals surface area contributed by atoms with E-state index >= 15 is 0 Å². The molecule has 0 aliphatic carbocycles. The lowest BCUT2D eigenvalue weighted by molar-refractivity contribution is -0.142. The van der Waals surface area contributed by atoms with E-state index in [4.69, 9.17) is 0 Å². The Morgan fingerprint density at radius 1 is 1.13 bits per heavy atom. The fraction of sp³-hybridized carbons (Fsp3) is 0.471. The van der Waals surface area contributed by atoms with Crippen LogP contribution in [0.5, 0.6) is 0 Å². The molecule has 122 valence electrons. The van der Waals surface area contributed by atoms with Crippen LogP contribution in [-0.2, 0) is 16.0 Å². The zero-order valence-electron chi connectivity index (χ0n) is 13.0. The summed E-state index contributed by atoms with van der Waals surface area (Å²) < 4.78 is 0. The zero-order chi connectivity index (χ0) is 16.2. The molecule has 0 spiro atoms. The van der Waals surface area contributed by atoms with Crippen molar-refractivity contribution >= 4 is 17.8 Å². The first kappa shape index (κ1) is 15.5. The number of rotatable bonds is 6. The van der Waals surface area contributed by atoms with Crippen LogP contribution in [0.25, 0.3) is 0 Å². The van der Waals surface area contributed by atoms with Gasteiger partial charge >= 0.3 is 6.03 Å². The highest BCUT2D eigenvalue weighted by Gasteiger charge is 2.42. The fourth-order valence-electron chi connectivity index (χ4n) is 3.03. The molecule has 2 heterocycles. The van der Waals surface area contributed by atoms with Gasteiger partial charge in [0.2, 0.25) is 11.8 Å². The molecule has 1 aromatic rings. The Balaban J connectivity index is 1.35. The van der Waals surface area contributed by atoms with Gasteiger partial charge < -0.3 is 10.2 Å². The van der Waals surface area contributed by atoms with E-state index in [0.717, 1.165) is 19.3 Å². The van der Waals surface area contributed by atoms with Crippen LogP contribution in [0, 0.1) is 0 Å². The lowest BCUT2D eigenvalue weighted by Gasteiger charge is -2.42. The summed E-state index contributed by atoms with van der Waals surface area (Å²) >= 11 is 0. The monoisotopic (exact) mass is 315 g/mol. The minimum absolute atomic E-state index is 0.0722. The number of hydrogen-bond acceptors (Lipinski definition) is 3. The number of unbranched alkanes of at least 4 members (excludes halogenated alkanes) is 1. The first-order valence-corrected chi connectivity index (χ1v) is 8.07. The highest BCUT2D eigenvalue weighted by molar-refractivity contribution is 6.02. The van der Waals surface area contributed by atoms with Gasteiger partial charge in [-0.15, -0.1) is 0 Å². The van der Waals surface area contributed by atoms with E-state index in [0.29, 0.717) is 19.5 Å². The summed E-state index contributed by atoms with van der Waals surface area (Å²) in [5.41, 5.74) is 1.29. The number of nitrogens with one attached hydrogen (secondary N) is 1. The number of carbonyl (C=O) groups excluding carboxylic acids is 3. The summed E-state index contributed by atoms with van der Waals surface area (Å²) in [6.45, 7) is 1.01. The molecule has 1 N–H and O–H groups in total. The molecule has 0 aromatic heterocycles. The van der Waals surface area contributed by atoms with Crippen LogP contribution in [-0.4, -0.2) is 53.3 Å². The molecule has 23 heavy (non-hydrogen) atoms. The number of carbonyl (C=O) groups is 3. The Labute approximate surface area is 135 Å². The third-order valence-electron chi connectivity index (χ3n) is 4.41. The van der Waals surface area contributed by atoms with Crippen LogP contribution in [0.2, 0.25) is 0 Å². The molecule has 6 heteroatoms. The zero-order valence-corrected chi connectivity index (χ0v) is 13.0. The molecule has 0 radical (unpaired) electrons. The predicted molar refractivity (Wildman–Crippen MR) is 84.6 cm³/mol. The molecule has 3 rings (SSSR count). The quantitative estimate of drug-likeness (QED) is 0.633. The second-order valence-corrected chi connectivity index (χ2v) is 6.07. The number of likely N-dealkylation sites (tertiary alicyclic amines) is 1. The second kappa shape index (κ2) is 6.81. The summed E-state index contributed by atoms with van der Waals surface area (Å²) in [4.78, 5) is 38.2. The molecule has 4 amide bonds. The standard InChI is InChI=1S/C17H21N3O3/c21-15(9-5-4-8-13-6-2-1-3-7-13)19-11-14(12-19)20-16(22)10-18-17(20)23/h1-3,6-7,14H,4-5,8-12H2,(H,18,23). The first-order valence-electron chi connectivity index (χ1n) is 8.07. The lowest BCUT2D eigenvalue weighted by Crippen LogP contribution is -2.62. The average Bonchev–Trinajstić information content (AvgIpc) is 2.83. The van der Waals surface area contributed by atoms with E-state index < -0.39 is 0 Å². The molecule has 0 saturated carbocycles. The third kappa shape index (κ3) is 3.52. The number of imide groups is 1. The number of urea groups is 1. The summed E-state index contributed by atoms with van der Waals surface area (Å²) in [5, 5.41) is 2.50. The van der Waals surface area contributed by atoms with Gasteiger partial charge in [-0.1, -0.05) is 30.3 Å². The van der Waals surface area contributed by atoms with Crippen LogP contribution in [0.15, 0.2) is 30.3 Å². The number of amides is 4. The van der Waals surface area contributed by atoms with Crippen LogP contribution in [0.3, 0.4) is 0 Å². The van der Waals surface area contributed by atoms with Gasteiger partial charge in [-0.25, -0.2) is 4.79 Å². The molecule has 2 aliphatic rings. The molecule has 2 aliphatic heterocycles. The van der Waals surface area contributed by atoms with E-state index in [1.165, 1.54) is 10.5 Å². The van der Waals surface area contributed by atoms with Crippen LogP contribution in [0.1, 0.15) is 24.8 Å². The minimum atomic E-state index is -0.338. The molecule has 0 atom stereocenters. The topological polar surface area (TPSA) is 69.7 Å². The highest BCUT2D eigenvalue weighted by atomic mass is 16.2.